The van der Waals surface area contributed by atoms with Gasteiger partial charge in [0.2, 0.25) is 5.91 Å². The van der Waals surface area contributed by atoms with Crippen molar-refractivity contribution < 1.29 is 19.1 Å². The lowest BCUT2D eigenvalue weighted by Crippen LogP contribution is -2.47. The first-order chi connectivity index (χ1) is 10.6. The third kappa shape index (κ3) is 2.67. The van der Waals surface area contributed by atoms with Gasteiger partial charge < -0.3 is 4.74 Å². The maximum Gasteiger partial charge on any atom is 0.251 e. The number of hydrogen-bond donors (Lipinski definition) is 0. The zero-order valence-corrected chi connectivity index (χ0v) is 12.4. The fraction of sp³-hybridized carbons (Fsp3) is 0.438. The molecule has 0 N–H and O–H groups in total. The molecule has 0 spiro atoms. The molecule has 2 amide bonds. The van der Waals surface area contributed by atoms with Crippen molar-refractivity contribution in [3.05, 3.63) is 29.8 Å². The van der Waals surface area contributed by atoms with Crippen molar-refractivity contribution in [2.75, 3.05) is 31.2 Å². The number of ketones is 1. The van der Waals surface area contributed by atoms with Crippen molar-refractivity contribution >= 4 is 23.3 Å². The van der Waals surface area contributed by atoms with E-state index in [4.69, 9.17) is 4.74 Å². The number of morpholine rings is 1. The first-order valence-electron chi connectivity index (χ1n) is 7.37. The molecular weight excluding hydrogens is 284 g/mol. The summed E-state index contributed by atoms with van der Waals surface area (Å²) in [5, 5.41) is 0. The standard InChI is InChI=1S/C16H18N2O4/c1-11(19)12-2-4-13(5-3-12)18-15(20)10-14(16(18)21)17-6-8-22-9-7-17/h2-5,14H,6-10H2,1H3/t14-/m0/s1. The Kier molecular flexibility index (Phi) is 4.04. The Labute approximate surface area is 128 Å². The third-order valence-electron chi connectivity index (χ3n) is 4.14. The highest BCUT2D eigenvalue weighted by Crippen LogP contribution is 2.26. The van der Waals surface area contributed by atoms with Gasteiger partial charge in [0.1, 0.15) is 0 Å². The summed E-state index contributed by atoms with van der Waals surface area (Å²) in [4.78, 5) is 39.4. The highest BCUT2D eigenvalue weighted by Gasteiger charge is 2.42. The summed E-state index contributed by atoms with van der Waals surface area (Å²) in [6.07, 6.45) is 0.202. The van der Waals surface area contributed by atoms with Crippen LogP contribution in [0.15, 0.2) is 24.3 Å². The van der Waals surface area contributed by atoms with Gasteiger partial charge in [-0.15, -0.1) is 0 Å². The van der Waals surface area contributed by atoms with Crippen LogP contribution in [0.25, 0.3) is 0 Å². The van der Waals surface area contributed by atoms with Crippen LogP contribution in [0, 0.1) is 0 Å². The van der Waals surface area contributed by atoms with Crippen molar-refractivity contribution in [2.24, 2.45) is 0 Å². The summed E-state index contributed by atoms with van der Waals surface area (Å²) in [5.41, 5.74) is 1.09. The van der Waals surface area contributed by atoms with E-state index in [-0.39, 0.29) is 24.0 Å². The number of hydrogen-bond acceptors (Lipinski definition) is 5. The van der Waals surface area contributed by atoms with Crippen LogP contribution >= 0.6 is 0 Å². The van der Waals surface area contributed by atoms with Crippen LogP contribution in [-0.4, -0.2) is 54.8 Å². The Morgan fingerprint density at radius 3 is 2.36 bits per heavy atom. The number of carbonyl (C=O) groups is 3. The summed E-state index contributed by atoms with van der Waals surface area (Å²) in [6.45, 7) is 3.99. The second-order valence-electron chi connectivity index (χ2n) is 5.54. The lowest BCUT2D eigenvalue weighted by atomic mass is 10.1. The lowest BCUT2D eigenvalue weighted by Gasteiger charge is -2.30. The fourth-order valence-electron chi connectivity index (χ4n) is 2.91. The van der Waals surface area contributed by atoms with E-state index in [1.807, 2.05) is 4.90 Å². The van der Waals surface area contributed by atoms with Gasteiger partial charge in [0.25, 0.3) is 5.91 Å². The number of amides is 2. The van der Waals surface area contributed by atoms with Gasteiger partial charge in [0, 0.05) is 18.7 Å². The zero-order chi connectivity index (χ0) is 15.7. The average Bonchev–Trinajstić information content (AvgIpc) is 2.83. The summed E-state index contributed by atoms with van der Waals surface area (Å²) < 4.78 is 5.28. The molecule has 22 heavy (non-hydrogen) atoms. The van der Waals surface area contributed by atoms with Gasteiger partial charge in [-0.2, -0.15) is 0 Å². The molecular formula is C16H18N2O4. The van der Waals surface area contributed by atoms with Gasteiger partial charge in [-0.05, 0) is 31.2 Å². The molecule has 6 heteroatoms. The van der Waals surface area contributed by atoms with Crippen molar-refractivity contribution in [3.63, 3.8) is 0 Å². The van der Waals surface area contributed by atoms with Crippen LogP contribution in [0.1, 0.15) is 23.7 Å². The number of Topliss-reactive ketones (excluding diaryl/α,β-unsaturated/α-hetero) is 1. The van der Waals surface area contributed by atoms with E-state index in [0.29, 0.717) is 37.6 Å². The predicted octanol–water partition coefficient (Wildman–Crippen LogP) is 0.853. The first-order valence-corrected chi connectivity index (χ1v) is 7.37. The molecule has 3 rings (SSSR count). The Bertz CT molecular complexity index is 605. The van der Waals surface area contributed by atoms with Gasteiger partial charge in [-0.25, -0.2) is 4.90 Å². The Morgan fingerprint density at radius 2 is 1.77 bits per heavy atom. The maximum atomic E-state index is 12.6. The van der Waals surface area contributed by atoms with Crippen molar-refractivity contribution in [1.82, 2.24) is 4.90 Å². The highest BCUT2D eigenvalue weighted by atomic mass is 16.5. The molecule has 1 atom stereocenters. The van der Waals surface area contributed by atoms with Crippen LogP contribution in [0.4, 0.5) is 5.69 Å². The number of anilines is 1. The molecule has 1 aromatic carbocycles. The van der Waals surface area contributed by atoms with Gasteiger partial charge in [0.05, 0.1) is 31.4 Å². The minimum Gasteiger partial charge on any atom is -0.379 e. The number of nitrogens with zero attached hydrogens (tertiary/aromatic N) is 2. The average molecular weight is 302 g/mol. The monoisotopic (exact) mass is 302 g/mol. The minimum atomic E-state index is -0.399. The molecule has 0 aliphatic carbocycles. The van der Waals surface area contributed by atoms with Crippen molar-refractivity contribution in [2.45, 2.75) is 19.4 Å². The molecule has 0 saturated carbocycles. The fourth-order valence-corrected chi connectivity index (χ4v) is 2.91. The molecule has 2 fully saturated rings. The zero-order valence-electron chi connectivity index (χ0n) is 12.4. The van der Waals surface area contributed by atoms with E-state index in [1.54, 1.807) is 24.3 Å². The Morgan fingerprint density at radius 1 is 1.14 bits per heavy atom. The molecule has 2 heterocycles. The second-order valence-corrected chi connectivity index (χ2v) is 5.54. The number of imide groups is 1. The summed E-state index contributed by atoms with van der Waals surface area (Å²) >= 11 is 0. The Balaban J connectivity index is 1.80. The molecule has 0 unspecified atom stereocenters. The van der Waals surface area contributed by atoms with Gasteiger partial charge in [-0.3, -0.25) is 19.3 Å². The summed E-state index contributed by atoms with van der Waals surface area (Å²) in [5.74, 6) is -0.434. The molecule has 116 valence electrons. The SMILES string of the molecule is CC(=O)c1ccc(N2C(=O)C[C@H](N3CCOCC3)C2=O)cc1. The van der Waals surface area contributed by atoms with Gasteiger partial charge >= 0.3 is 0 Å². The Hall–Kier alpha value is -2.05. The van der Waals surface area contributed by atoms with E-state index in [2.05, 4.69) is 0 Å². The van der Waals surface area contributed by atoms with Gasteiger partial charge in [-0.1, -0.05) is 0 Å². The molecule has 6 nitrogen and oxygen atoms in total. The topological polar surface area (TPSA) is 66.9 Å². The second kappa shape index (κ2) is 5.98. The van der Waals surface area contributed by atoms with E-state index < -0.39 is 6.04 Å². The predicted molar refractivity (Wildman–Crippen MR) is 79.7 cm³/mol. The van der Waals surface area contributed by atoms with Crippen LogP contribution in [0.2, 0.25) is 0 Å². The maximum absolute atomic E-state index is 12.6. The first kappa shape index (κ1) is 14.9. The third-order valence-corrected chi connectivity index (χ3v) is 4.14. The number of benzene rings is 1. The van der Waals surface area contributed by atoms with Crippen molar-refractivity contribution in [3.8, 4) is 0 Å². The molecule has 2 saturated heterocycles. The number of carbonyl (C=O) groups excluding carboxylic acids is 3. The van der Waals surface area contributed by atoms with Gasteiger partial charge in [0.15, 0.2) is 5.78 Å². The highest BCUT2D eigenvalue weighted by molar-refractivity contribution is 6.22. The quantitative estimate of drug-likeness (QED) is 0.612. The molecule has 2 aliphatic rings. The van der Waals surface area contributed by atoms with Crippen molar-refractivity contribution in [1.29, 1.82) is 0 Å². The molecule has 1 aromatic rings. The van der Waals surface area contributed by atoms with Crippen LogP contribution in [0.5, 0.6) is 0 Å². The molecule has 0 aromatic heterocycles. The molecule has 0 bridgehead atoms. The smallest absolute Gasteiger partial charge is 0.251 e. The largest absolute Gasteiger partial charge is 0.379 e. The lowest BCUT2D eigenvalue weighted by molar-refractivity contribution is -0.123. The van der Waals surface area contributed by atoms with Crippen LogP contribution in [0.3, 0.4) is 0 Å². The minimum absolute atomic E-state index is 0.0446. The number of ether oxygens (including phenoxy) is 1. The summed E-state index contributed by atoms with van der Waals surface area (Å²) in [6, 6.07) is 6.17. The van der Waals surface area contributed by atoms with Crippen LogP contribution in [-0.2, 0) is 14.3 Å². The molecule has 2 aliphatic heterocycles. The van der Waals surface area contributed by atoms with E-state index in [0.717, 1.165) is 0 Å². The number of rotatable bonds is 3. The van der Waals surface area contributed by atoms with E-state index in [9.17, 15) is 14.4 Å². The van der Waals surface area contributed by atoms with E-state index in [1.165, 1.54) is 11.8 Å². The normalized spacial score (nSPS) is 23.1. The molecule has 0 radical (unpaired) electrons. The summed E-state index contributed by atoms with van der Waals surface area (Å²) in [7, 11) is 0. The van der Waals surface area contributed by atoms with Crippen LogP contribution < -0.4 is 4.90 Å². The van der Waals surface area contributed by atoms with E-state index >= 15 is 0 Å².